The van der Waals surface area contributed by atoms with Gasteiger partial charge >= 0.3 is 6.18 Å². The summed E-state index contributed by atoms with van der Waals surface area (Å²) in [5.74, 6) is -0.0842. The van der Waals surface area contributed by atoms with Crippen LogP contribution in [0.2, 0.25) is 0 Å². The van der Waals surface area contributed by atoms with E-state index < -0.39 is 18.3 Å². The van der Waals surface area contributed by atoms with Crippen molar-refractivity contribution < 1.29 is 27.4 Å². The van der Waals surface area contributed by atoms with Gasteiger partial charge in [0.1, 0.15) is 11.5 Å². The van der Waals surface area contributed by atoms with Gasteiger partial charge in [-0.2, -0.15) is 13.2 Å². The maximum atomic E-state index is 13.1. The number of hydrogen-bond acceptors (Lipinski definition) is 4. The van der Waals surface area contributed by atoms with Crippen molar-refractivity contribution >= 4 is 5.91 Å². The Morgan fingerprint density at radius 2 is 1.82 bits per heavy atom. The normalized spacial score (nSPS) is 17.3. The molecular formula is C20H21F3N2O3. The van der Waals surface area contributed by atoms with Crippen molar-refractivity contribution in [3.05, 3.63) is 59.7 Å². The van der Waals surface area contributed by atoms with Crippen LogP contribution < -0.4 is 14.8 Å². The molecule has 0 spiro atoms. The van der Waals surface area contributed by atoms with Gasteiger partial charge < -0.3 is 19.7 Å². The molecule has 8 heteroatoms. The molecule has 3 rings (SSSR count). The first-order chi connectivity index (χ1) is 13.4. The maximum Gasteiger partial charge on any atom is 0.419 e. The summed E-state index contributed by atoms with van der Waals surface area (Å²) in [6.45, 7) is 1.06. The third-order valence-electron chi connectivity index (χ3n) is 4.61. The number of piperazine rings is 1. The summed E-state index contributed by atoms with van der Waals surface area (Å²) >= 11 is 0. The predicted molar refractivity (Wildman–Crippen MR) is 97.3 cm³/mol. The molecule has 0 aliphatic carbocycles. The number of halogens is 3. The second-order valence-electron chi connectivity index (χ2n) is 6.33. The van der Waals surface area contributed by atoms with Gasteiger partial charge in [0.25, 0.3) is 5.91 Å². The van der Waals surface area contributed by atoms with Crippen LogP contribution in [0.4, 0.5) is 13.2 Å². The fraction of sp³-hybridized carbons (Fsp3) is 0.350. The fourth-order valence-electron chi connectivity index (χ4n) is 3.27. The van der Waals surface area contributed by atoms with Crippen LogP contribution in [0.3, 0.4) is 0 Å². The molecule has 0 saturated carbocycles. The van der Waals surface area contributed by atoms with Gasteiger partial charge in [-0.05, 0) is 18.2 Å². The molecule has 2 aromatic carbocycles. The molecule has 1 aliphatic rings. The lowest BCUT2D eigenvalue weighted by Gasteiger charge is -2.37. The van der Waals surface area contributed by atoms with Crippen LogP contribution in [0.25, 0.3) is 0 Å². The highest BCUT2D eigenvalue weighted by Crippen LogP contribution is 2.36. The molecule has 28 heavy (non-hydrogen) atoms. The summed E-state index contributed by atoms with van der Waals surface area (Å²) in [6.07, 6.45) is -4.55. The van der Waals surface area contributed by atoms with E-state index in [0.29, 0.717) is 25.4 Å². The van der Waals surface area contributed by atoms with Gasteiger partial charge in [-0.25, -0.2) is 0 Å². The number of rotatable bonds is 5. The highest BCUT2D eigenvalue weighted by Gasteiger charge is 2.35. The van der Waals surface area contributed by atoms with Crippen LogP contribution in [0, 0.1) is 0 Å². The molecular weight excluding hydrogens is 373 g/mol. The molecule has 1 fully saturated rings. The van der Waals surface area contributed by atoms with Gasteiger partial charge in [-0.15, -0.1) is 0 Å². The zero-order valence-corrected chi connectivity index (χ0v) is 15.3. The van der Waals surface area contributed by atoms with Crippen LogP contribution in [0.1, 0.15) is 17.2 Å². The van der Waals surface area contributed by atoms with Gasteiger partial charge in [0, 0.05) is 25.2 Å². The van der Waals surface area contributed by atoms with E-state index in [1.54, 1.807) is 12.0 Å². The van der Waals surface area contributed by atoms with Crippen LogP contribution in [-0.2, 0) is 11.0 Å². The molecule has 1 N–H and O–H groups in total. The third kappa shape index (κ3) is 4.39. The second-order valence-corrected chi connectivity index (χ2v) is 6.33. The lowest BCUT2D eigenvalue weighted by Crippen LogP contribution is -2.50. The third-order valence-corrected chi connectivity index (χ3v) is 4.61. The Hall–Kier alpha value is -2.74. The Kier molecular flexibility index (Phi) is 6.08. The monoisotopic (exact) mass is 394 g/mol. The van der Waals surface area contributed by atoms with Crippen molar-refractivity contribution in [1.29, 1.82) is 0 Å². The van der Waals surface area contributed by atoms with Crippen molar-refractivity contribution in [3.8, 4) is 11.5 Å². The highest BCUT2D eigenvalue weighted by molar-refractivity contribution is 5.78. The number of para-hydroxylation sites is 2. The van der Waals surface area contributed by atoms with Crippen LogP contribution in [0.5, 0.6) is 11.5 Å². The zero-order chi connectivity index (χ0) is 20.1. The number of nitrogens with one attached hydrogen (secondary N) is 1. The molecule has 1 atom stereocenters. The van der Waals surface area contributed by atoms with Crippen LogP contribution >= 0.6 is 0 Å². The summed E-state index contributed by atoms with van der Waals surface area (Å²) in [7, 11) is 1.55. The van der Waals surface area contributed by atoms with Gasteiger partial charge in [-0.3, -0.25) is 4.79 Å². The molecule has 5 nitrogen and oxygen atoms in total. The van der Waals surface area contributed by atoms with Gasteiger partial charge in [-0.1, -0.05) is 30.3 Å². The molecule has 150 valence electrons. The van der Waals surface area contributed by atoms with Crippen LogP contribution in [0.15, 0.2) is 48.5 Å². The first-order valence-corrected chi connectivity index (χ1v) is 8.84. The lowest BCUT2D eigenvalue weighted by atomic mass is 10.0. The molecule has 2 aromatic rings. The first kappa shape index (κ1) is 20.0. The molecule has 0 aromatic heterocycles. The molecule has 0 bridgehead atoms. The molecule has 1 unspecified atom stereocenters. The van der Waals surface area contributed by atoms with E-state index in [0.717, 1.165) is 11.6 Å². The van der Waals surface area contributed by atoms with Crippen molar-refractivity contribution in [2.24, 2.45) is 0 Å². The van der Waals surface area contributed by atoms with Crippen molar-refractivity contribution in [1.82, 2.24) is 10.2 Å². The maximum absolute atomic E-state index is 13.1. The fourth-order valence-corrected chi connectivity index (χ4v) is 3.27. The largest absolute Gasteiger partial charge is 0.496 e. The minimum atomic E-state index is -4.55. The number of benzene rings is 2. The minimum Gasteiger partial charge on any atom is -0.496 e. The van der Waals surface area contributed by atoms with E-state index in [9.17, 15) is 18.0 Å². The Bertz CT molecular complexity index is 826. The average Bonchev–Trinajstić information content (AvgIpc) is 2.71. The van der Waals surface area contributed by atoms with Crippen molar-refractivity contribution in [3.63, 3.8) is 0 Å². The van der Waals surface area contributed by atoms with E-state index in [-0.39, 0.29) is 17.7 Å². The van der Waals surface area contributed by atoms with Crippen LogP contribution in [-0.4, -0.2) is 44.2 Å². The highest BCUT2D eigenvalue weighted by atomic mass is 19.4. The van der Waals surface area contributed by atoms with E-state index in [4.69, 9.17) is 9.47 Å². The Morgan fingerprint density at radius 3 is 2.54 bits per heavy atom. The summed E-state index contributed by atoms with van der Waals surface area (Å²) < 4.78 is 49.9. The Labute approximate surface area is 161 Å². The first-order valence-electron chi connectivity index (χ1n) is 8.84. The SMILES string of the molecule is COc1ccccc1C1CNCCN1C(=O)COc1ccccc1C(F)(F)F. The van der Waals surface area contributed by atoms with Crippen molar-refractivity contribution in [2.75, 3.05) is 33.4 Å². The smallest absolute Gasteiger partial charge is 0.419 e. The Balaban J connectivity index is 1.76. The second kappa shape index (κ2) is 8.52. The summed E-state index contributed by atoms with van der Waals surface area (Å²) in [5.41, 5.74) is -0.0642. The lowest BCUT2D eigenvalue weighted by molar-refractivity contribution is -0.142. The quantitative estimate of drug-likeness (QED) is 0.846. The predicted octanol–water partition coefficient (Wildman–Crippen LogP) is 3.27. The summed E-state index contributed by atoms with van der Waals surface area (Å²) in [6, 6.07) is 11.9. The average molecular weight is 394 g/mol. The molecule has 1 saturated heterocycles. The number of carbonyl (C=O) groups excluding carboxylic acids is 1. The summed E-state index contributed by atoms with van der Waals surface area (Å²) in [5, 5.41) is 3.23. The van der Waals surface area contributed by atoms with E-state index >= 15 is 0 Å². The van der Waals surface area contributed by atoms with Crippen molar-refractivity contribution in [2.45, 2.75) is 12.2 Å². The van der Waals surface area contributed by atoms with Gasteiger partial charge in [0.2, 0.25) is 0 Å². The number of nitrogens with zero attached hydrogens (tertiary/aromatic N) is 1. The zero-order valence-electron chi connectivity index (χ0n) is 15.3. The van der Waals surface area contributed by atoms with E-state index in [2.05, 4.69) is 5.32 Å². The molecule has 0 radical (unpaired) electrons. The van der Waals surface area contributed by atoms with E-state index in [1.165, 1.54) is 18.2 Å². The number of methoxy groups -OCH3 is 1. The number of carbonyl (C=O) groups is 1. The summed E-state index contributed by atoms with van der Waals surface area (Å²) in [4.78, 5) is 14.4. The number of amides is 1. The van der Waals surface area contributed by atoms with E-state index in [1.807, 2.05) is 24.3 Å². The minimum absolute atomic E-state index is 0.293. The molecule has 1 heterocycles. The molecule has 1 amide bonds. The Morgan fingerprint density at radius 1 is 1.14 bits per heavy atom. The van der Waals surface area contributed by atoms with Gasteiger partial charge in [0.05, 0.1) is 18.7 Å². The number of alkyl halides is 3. The molecule has 1 aliphatic heterocycles. The standard InChI is InChI=1S/C20H21F3N2O3/c1-27-17-8-4-2-6-14(17)16-12-24-10-11-25(16)19(26)13-28-18-9-5-3-7-15(18)20(21,22)23/h2-9,16,24H,10-13H2,1H3. The topological polar surface area (TPSA) is 50.8 Å². The number of ether oxygens (including phenoxy) is 2. The van der Waals surface area contributed by atoms with Gasteiger partial charge in [0.15, 0.2) is 6.61 Å². The number of hydrogen-bond donors (Lipinski definition) is 1.